The van der Waals surface area contributed by atoms with Crippen LogP contribution in [0, 0.1) is 0 Å². The maximum atomic E-state index is 12.5. The summed E-state index contributed by atoms with van der Waals surface area (Å²) < 4.78 is 30.1. The summed E-state index contributed by atoms with van der Waals surface area (Å²) in [5.74, 6) is -2.58. The maximum absolute atomic E-state index is 12.5. The van der Waals surface area contributed by atoms with Crippen LogP contribution in [-0.4, -0.2) is 127 Å². The fraction of sp³-hybridized carbons (Fsp3) is 0.846. The van der Waals surface area contributed by atoms with Crippen LogP contribution in [0.25, 0.3) is 0 Å². The van der Waals surface area contributed by atoms with Gasteiger partial charge in [-0.3, -0.25) is 19.2 Å². The number of esters is 2. The van der Waals surface area contributed by atoms with E-state index in [-0.39, 0.29) is 102 Å². The van der Waals surface area contributed by atoms with Crippen molar-refractivity contribution in [1.82, 2.24) is 16.0 Å². The molecule has 0 fully saturated rings. The van der Waals surface area contributed by atoms with Crippen LogP contribution in [-0.2, 0) is 57.2 Å². The first-order valence-corrected chi connectivity index (χ1v) is 20.2. The van der Waals surface area contributed by atoms with Gasteiger partial charge in [0.2, 0.25) is 17.7 Å². The lowest BCUT2D eigenvalue weighted by Gasteiger charge is -2.16. The van der Waals surface area contributed by atoms with Gasteiger partial charge in [0.15, 0.2) is 0 Å². The number of carbonyl (C=O) groups excluding carboxylic acids is 5. The molecule has 0 rings (SSSR count). The van der Waals surface area contributed by atoms with E-state index in [1.165, 1.54) is 78.4 Å². The molecule has 4 N–H and O–H groups in total. The Morgan fingerprint density at radius 1 is 0.473 bits per heavy atom. The minimum Gasteiger partial charge on any atom is -0.480 e. The second-order valence-electron chi connectivity index (χ2n) is 13.3. The number of hydrogen-bond acceptors (Lipinski definition) is 12. The van der Waals surface area contributed by atoms with Gasteiger partial charge in [-0.25, -0.2) is 9.59 Å². The first-order chi connectivity index (χ1) is 26.7. The summed E-state index contributed by atoms with van der Waals surface area (Å²) in [5.41, 5.74) is 0. The first-order valence-electron chi connectivity index (χ1n) is 20.2. The number of amides is 3. The fourth-order valence-electron chi connectivity index (χ4n) is 5.49. The maximum Gasteiger partial charge on any atom is 0.329 e. The van der Waals surface area contributed by atoms with Crippen LogP contribution in [0.4, 0.5) is 0 Å². The summed E-state index contributed by atoms with van der Waals surface area (Å²) in [6.45, 7) is 1.27. The molecule has 0 aliphatic rings. The van der Waals surface area contributed by atoms with Crippen molar-refractivity contribution in [2.75, 3.05) is 80.2 Å². The topological polar surface area (TPSA) is 214 Å². The molecule has 16 nitrogen and oxygen atoms in total. The minimum atomic E-state index is -1.05. The molecule has 0 unspecified atom stereocenters. The molecule has 0 radical (unpaired) electrons. The Balaban J connectivity index is 3.72. The number of nitrogens with one attached hydrogen (secondary N) is 3. The quantitative estimate of drug-likeness (QED) is 0.0511. The summed E-state index contributed by atoms with van der Waals surface area (Å²) in [5, 5.41) is 16.5. The normalized spacial score (nSPS) is 11.5. The van der Waals surface area contributed by atoms with Crippen molar-refractivity contribution in [2.24, 2.45) is 0 Å². The Morgan fingerprint density at radius 2 is 0.909 bits per heavy atom. The lowest BCUT2D eigenvalue weighted by atomic mass is 10.0. The third-order valence-electron chi connectivity index (χ3n) is 8.58. The molecule has 0 aliphatic heterocycles. The minimum absolute atomic E-state index is 0.0304. The predicted octanol–water partition coefficient (Wildman–Crippen LogP) is 4.00. The van der Waals surface area contributed by atoms with Gasteiger partial charge in [0.1, 0.15) is 19.3 Å². The highest BCUT2D eigenvalue weighted by Crippen LogP contribution is 2.14. The second kappa shape index (κ2) is 38.9. The molecule has 0 spiro atoms. The number of carbonyl (C=O) groups is 6. The SMILES string of the molecule is COC(=O)CCCCCCCCCCCCCCCCCCC(=O)N[C@@H](CCC(=O)NCCOCCOCC(=O)NCCOCCOCC(=O)O)C(=O)OC. The Kier molecular flexibility index (Phi) is 36.6. The molecule has 0 saturated heterocycles. The standard InChI is InChI=1S/C39H71N3O13/c1-50-38(48)20-18-16-14-12-10-8-6-4-3-5-7-9-11-13-15-17-19-35(44)42-33(39(49)51-2)21-22-34(43)40-23-25-52-27-29-54-31-36(45)41-24-26-53-28-30-55-32-37(46)47/h33H,3-32H2,1-2H3,(H,40,43)(H,41,45)(H,42,44)(H,46,47)/t33-/m0/s1. The number of carboxylic acid groups (broad SMARTS) is 1. The fourth-order valence-corrected chi connectivity index (χ4v) is 5.49. The monoisotopic (exact) mass is 789 g/mol. The van der Waals surface area contributed by atoms with E-state index in [9.17, 15) is 28.8 Å². The van der Waals surface area contributed by atoms with Crippen molar-refractivity contribution in [2.45, 2.75) is 134 Å². The molecular weight excluding hydrogens is 718 g/mol. The van der Waals surface area contributed by atoms with Gasteiger partial charge in [0, 0.05) is 32.4 Å². The van der Waals surface area contributed by atoms with Crippen molar-refractivity contribution in [3.8, 4) is 0 Å². The summed E-state index contributed by atoms with van der Waals surface area (Å²) in [4.78, 5) is 70.1. The number of methoxy groups -OCH3 is 2. The van der Waals surface area contributed by atoms with E-state index < -0.39 is 18.0 Å². The van der Waals surface area contributed by atoms with Crippen LogP contribution in [0.5, 0.6) is 0 Å². The van der Waals surface area contributed by atoms with Crippen molar-refractivity contribution in [3.63, 3.8) is 0 Å². The first kappa shape index (κ1) is 51.7. The Morgan fingerprint density at radius 3 is 1.38 bits per heavy atom. The second-order valence-corrected chi connectivity index (χ2v) is 13.3. The summed E-state index contributed by atoms with van der Waals surface area (Å²) in [6, 6.07) is -0.893. The molecule has 1 atom stereocenters. The van der Waals surface area contributed by atoms with E-state index >= 15 is 0 Å². The van der Waals surface area contributed by atoms with Crippen LogP contribution < -0.4 is 16.0 Å². The highest BCUT2D eigenvalue weighted by atomic mass is 16.5. The lowest BCUT2D eigenvalue weighted by Crippen LogP contribution is -2.42. The van der Waals surface area contributed by atoms with Crippen molar-refractivity contribution >= 4 is 35.6 Å². The van der Waals surface area contributed by atoms with E-state index in [1.807, 2.05) is 0 Å². The average Bonchev–Trinajstić information content (AvgIpc) is 3.17. The Labute approximate surface area is 328 Å². The molecule has 320 valence electrons. The van der Waals surface area contributed by atoms with Crippen LogP contribution in [0.3, 0.4) is 0 Å². The van der Waals surface area contributed by atoms with Gasteiger partial charge in [0.25, 0.3) is 0 Å². The van der Waals surface area contributed by atoms with E-state index in [0.717, 1.165) is 38.5 Å². The number of rotatable bonds is 40. The van der Waals surface area contributed by atoms with E-state index in [4.69, 9.17) is 28.8 Å². The molecule has 0 heterocycles. The van der Waals surface area contributed by atoms with Gasteiger partial charge in [0.05, 0.1) is 53.9 Å². The van der Waals surface area contributed by atoms with Gasteiger partial charge < -0.3 is 49.5 Å². The zero-order valence-corrected chi connectivity index (χ0v) is 33.6. The molecular formula is C39H71N3O13. The molecule has 3 amide bonds. The molecule has 0 aliphatic carbocycles. The highest BCUT2D eigenvalue weighted by Gasteiger charge is 2.22. The Bertz CT molecular complexity index is 1020. The van der Waals surface area contributed by atoms with E-state index in [0.29, 0.717) is 12.8 Å². The number of ether oxygens (including phenoxy) is 6. The summed E-state index contributed by atoms with van der Waals surface area (Å²) in [6.07, 6.45) is 19.6. The summed E-state index contributed by atoms with van der Waals surface area (Å²) >= 11 is 0. The zero-order chi connectivity index (χ0) is 40.6. The molecule has 0 saturated carbocycles. The number of aliphatic carboxylic acids is 1. The number of unbranched alkanes of at least 4 members (excludes halogenated alkanes) is 15. The third-order valence-corrected chi connectivity index (χ3v) is 8.58. The molecule has 0 bridgehead atoms. The third kappa shape index (κ3) is 37.4. The molecule has 0 aromatic rings. The average molecular weight is 790 g/mol. The van der Waals surface area contributed by atoms with Crippen LogP contribution in [0.15, 0.2) is 0 Å². The number of hydrogen-bond donors (Lipinski definition) is 4. The van der Waals surface area contributed by atoms with Crippen LogP contribution in [0.1, 0.15) is 128 Å². The highest BCUT2D eigenvalue weighted by molar-refractivity contribution is 5.85. The molecule has 16 heteroatoms. The van der Waals surface area contributed by atoms with E-state index in [1.54, 1.807) is 0 Å². The van der Waals surface area contributed by atoms with Crippen LogP contribution >= 0.6 is 0 Å². The Hall–Kier alpha value is -3.34. The van der Waals surface area contributed by atoms with Gasteiger partial charge >= 0.3 is 17.9 Å². The molecule has 0 aromatic heterocycles. The van der Waals surface area contributed by atoms with Crippen molar-refractivity contribution < 1.29 is 62.3 Å². The summed E-state index contributed by atoms with van der Waals surface area (Å²) in [7, 11) is 2.69. The predicted molar refractivity (Wildman–Crippen MR) is 205 cm³/mol. The molecule has 0 aromatic carbocycles. The zero-order valence-electron chi connectivity index (χ0n) is 33.6. The lowest BCUT2D eigenvalue weighted by molar-refractivity contribution is -0.145. The number of carboxylic acids is 1. The van der Waals surface area contributed by atoms with Gasteiger partial charge in [-0.2, -0.15) is 0 Å². The smallest absolute Gasteiger partial charge is 0.329 e. The van der Waals surface area contributed by atoms with Gasteiger partial charge in [-0.1, -0.05) is 89.9 Å². The van der Waals surface area contributed by atoms with Crippen molar-refractivity contribution in [1.29, 1.82) is 0 Å². The van der Waals surface area contributed by atoms with Crippen LogP contribution in [0.2, 0.25) is 0 Å². The van der Waals surface area contributed by atoms with Gasteiger partial charge in [-0.15, -0.1) is 0 Å². The van der Waals surface area contributed by atoms with Gasteiger partial charge in [-0.05, 0) is 19.3 Å². The van der Waals surface area contributed by atoms with E-state index in [2.05, 4.69) is 20.7 Å². The largest absolute Gasteiger partial charge is 0.480 e. The molecule has 55 heavy (non-hydrogen) atoms. The van der Waals surface area contributed by atoms with Crippen molar-refractivity contribution in [3.05, 3.63) is 0 Å².